The summed E-state index contributed by atoms with van der Waals surface area (Å²) in [6.45, 7) is 0.332. The second-order valence-electron chi connectivity index (χ2n) is 4.85. The minimum absolute atomic E-state index is 0.0198. The summed E-state index contributed by atoms with van der Waals surface area (Å²) in [5.41, 5.74) is 6.27. The molecule has 0 amide bonds. The zero-order valence-electron chi connectivity index (χ0n) is 10.6. The molecule has 0 bridgehead atoms. The number of hydrogen-bond donors (Lipinski definition) is 1. The summed E-state index contributed by atoms with van der Waals surface area (Å²) in [5.74, 6) is -1.89. The average Bonchev–Trinajstić information content (AvgIpc) is 2.37. The third-order valence-corrected chi connectivity index (χ3v) is 3.67. The van der Waals surface area contributed by atoms with Crippen LogP contribution in [-0.2, 0) is 0 Å². The summed E-state index contributed by atoms with van der Waals surface area (Å²) in [6, 6.07) is 3.80. The van der Waals surface area contributed by atoms with Crippen LogP contribution in [0.3, 0.4) is 0 Å². The van der Waals surface area contributed by atoms with Crippen molar-refractivity contribution >= 4 is 22.9 Å². The van der Waals surface area contributed by atoms with Gasteiger partial charge in [-0.1, -0.05) is 12.2 Å². The van der Waals surface area contributed by atoms with Gasteiger partial charge >= 0.3 is 6.18 Å². The molecule has 1 unspecified atom stereocenters. The van der Waals surface area contributed by atoms with Crippen molar-refractivity contribution in [1.29, 1.82) is 0 Å². The van der Waals surface area contributed by atoms with E-state index in [-0.39, 0.29) is 23.5 Å². The number of alkyl halides is 3. The molecule has 110 valence electrons. The molecular formula is C13H14F4N2S. The van der Waals surface area contributed by atoms with Gasteiger partial charge in [0.05, 0.1) is 5.92 Å². The molecule has 2 rings (SSSR count). The predicted octanol–water partition coefficient (Wildman–Crippen LogP) is 3.24. The predicted molar refractivity (Wildman–Crippen MR) is 73.3 cm³/mol. The van der Waals surface area contributed by atoms with Gasteiger partial charge in [0.25, 0.3) is 0 Å². The summed E-state index contributed by atoms with van der Waals surface area (Å²) in [4.78, 5) is 1.56. The van der Waals surface area contributed by atoms with Gasteiger partial charge in [0.2, 0.25) is 0 Å². The van der Waals surface area contributed by atoms with E-state index in [4.69, 9.17) is 18.0 Å². The Bertz CT molecular complexity index is 516. The Morgan fingerprint density at radius 1 is 1.35 bits per heavy atom. The highest BCUT2D eigenvalue weighted by atomic mass is 32.1. The van der Waals surface area contributed by atoms with Crippen molar-refractivity contribution in [3.05, 3.63) is 29.6 Å². The lowest BCUT2D eigenvalue weighted by Gasteiger charge is -2.36. The lowest BCUT2D eigenvalue weighted by atomic mass is 9.96. The van der Waals surface area contributed by atoms with Crippen molar-refractivity contribution < 1.29 is 17.6 Å². The van der Waals surface area contributed by atoms with Crippen LogP contribution in [0.4, 0.5) is 23.2 Å². The third kappa shape index (κ3) is 3.20. The lowest BCUT2D eigenvalue weighted by Crippen LogP contribution is -2.42. The van der Waals surface area contributed by atoms with E-state index < -0.39 is 17.9 Å². The first-order valence-electron chi connectivity index (χ1n) is 6.20. The number of nitrogens with two attached hydrogens (primary N) is 1. The maximum absolute atomic E-state index is 13.2. The van der Waals surface area contributed by atoms with Gasteiger partial charge in [-0.15, -0.1) is 0 Å². The molecule has 1 atom stereocenters. The standard InChI is InChI=1S/C13H14F4N2S/c14-9-3-4-11(10(6-9)12(18)20)19-5-1-2-8(7-19)13(15,16)17/h3-4,6,8H,1-2,5,7H2,(H2,18,20). The van der Waals surface area contributed by atoms with E-state index in [2.05, 4.69) is 0 Å². The minimum atomic E-state index is -4.22. The summed E-state index contributed by atoms with van der Waals surface area (Å²) in [6.07, 6.45) is -3.68. The highest BCUT2D eigenvalue weighted by molar-refractivity contribution is 7.80. The third-order valence-electron chi connectivity index (χ3n) is 3.45. The van der Waals surface area contributed by atoms with Crippen LogP contribution in [0.1, 0.15) is 18.4 Å². The molecule has 0 radical (unpaired) electrons. The van der Waals surface area contributed by atoms with Crippen molar-refractivity contribution in [2.75, 3.05) is 18.0 Å². The number of anilines is 1. The first-order chi connectivity index (χ1) is 9.29. The number of benzene rings is 1. The van der Waals surface area contributed by atoms with E-state index in [0.717, 1.165) is 6.07 Å². The summed E-state index contributed by atoms with van der Waals surface area (Å²) < 4.78 is 51.7. The van der Waals surface area contributed by atoms with E-state index in [1.54, 1.807) is 4.90 Å². The number of hydrogen-bond acceptors (Lipinski definition) is 2. The SMILES string of the molecule is NC(=S)c1cc(F)ccc1N1CCCC(C(F)(F)F)C1. The minimum Gasteiger partial charge on any atom is -0.389 e. The van der Waals surface area contributed by atoms with Crippen LogP contribution in [0.25, 0.3) is 0 Å². The van der Waals surface area contributed by atoms with Crippen molar-refractivity contribution in [2.24, 2.45) is 11.7 Å². The van der Waals surface area contributed by atoms with Gasteiger partial charge in [-0.2, -0.15) is 13.2 Å². The van der Waals surface area contributed by atoms with Crippen LogP contribution in [0.2, 0.25) is 0 Å². The molecule has 7 heteroatoms. The highest BCUT2D eigenvalue weighted by Crippen LogP contribution is 2.35. The lowest BCUT2D eigenvalue weighted by molar-refractivity contribution is -0.175. The molecule has 1 saturated heterocycles. The Morgan fingerprint density at radius 3 is 2.65 bits per heavy atom. The zero-order valence-corrected chi connectivity index (χ0v) is 11.4. The molecule has 0 spiro atoms. The monoisotopic (exact) mass is 306 g/mol. The van der Waals surface area contributed by atoms with E-state index >= 15 is 0 Å². The van der Waals surface area contributed by atoms with Crippen molar-refractivity contribution in [2.45, 2.75) is 19.0 Å². The van der Waals surface area contributed by atoms with E-state index in [9.17, 15) is 17.6 Å². The van der Waals surface area contributed by atoms with Crippen LogP contribution in [-0.4, -0.2) is 24.3 Å². The maximum atomic E-state index is 13.2. The smallest absolute Gasteiger partial charge is 0.389 e. The Hall–Kier alpha value is -1.37. The quantitative estimate of drug-likeness (QED) is 0.672. The molecule has 1 heterocycles. The largest absolute Gasteiger partial charge is 0.393 e. The molecule has 2 nitrogen and oxygen atoms in total. The molecule has 1 aromatic carbocycles. The second-order valence-corrected chi connectivity index (χ2v) is 5.29. The van der Waals surface area contributed by atoms with Gasteiger partial charge < -0.3 is 10.6 Å². The molecule has 1 aliphatic rings. The number of nitrogens with zero attached hydrogens (tertiary/aromatic N) is 1. The van der Waals surface area contributed by atoms with Gasteiger partial charge in [-0.3, -0.25) is 0 Å². The molecular weight excluding hydrogens is 292 g/mol. The second kappa shape index (κ2) is 5.55. The average molecular weight is 306 g/mol. The first-order valence-corrected chi connectivity index (χ1v) is 6.61. The number of piperidine rings is 1. The molecule has 0 aromatic heterocycles. The fourth-order valence-corrected chi connectivity index (χ4v) is 2.61. The number of thiocarbonyl (C=S) groups is 1. The van der Waals surface area contributed by atoms with E-state index in [0.29, 0.717) is 18.7 Å². The Kier molecular flexibility index (Phi) is 4.17. The van der Waals surface area contributed by atoms with Gasteiger partial charge in [0.15, 0.2) is 0 Å². The summed E-state index contributed by atoms with van der Waals surface area (Å²) in [7, 11) is 0. The Balaban J connectivity index is 2.29. The van der Waals surface area contributed by atoms with Crippen LogP contribution < -0.4 is 10.6 Å². The van der Waals surface area contributed by atoms with Gasteiger partial charge in [0, 0.05) is 24.3 Å². The Morgan fingerprint density at radius 2 is 2.05 bits per heavy atom. The van der Waals surface area contributed by atoms with Crippen LogP contribution in [0, 0.1) is 11.7 Å². The van der Waals surface area contributed by atoms with Crippen LogP contribution in [0.15, 0.2) is 18.2 Å². The number of rotatable bonds is 2. The summed E-state index contributed by atoms with van der Waals surface area (Å²) >= 11 is 4.84. The molecule has 1 aromatic rings. The van der Waals surface area contributed by atoms with Crippen LogP contribution >= 0.6 is 12.2 Å². The fraction of sp³-hybridized carbons (Fsp3) is 0.462. The highest BCUT2D eigenvalue weighted by Gasteiger charge is 2.42. The van der Waals surface area contributed by atoms with Crippen molar-refractivity contribution in [3.63, 3.8) is 0 Å². The molecule has 1 aliphatic heterocycles. The van der Waals surface area contributed by atoms with Gasteiger partial charge in [-0.05, 0) is 31.0 Å². The molecule has 2 N–H and O–H groups in total. The first kappa shape index (κ1) is 15.0. The Labute approximate surface area is 119 Å². The van der Waals surface area contributed by atoms with Crippen molar-refractivity contribution in [1.82, 2.24) is 0 Å². The molecule has 20 heavy (non-hydrogen) atoms. The van der Waals surface area contributed by atoms with Crippen LogP contribution in [0.5, 0.6) is 0 Å². The zero-order chi connectivity index (χ0) is 14.9. The fourth-order valence-electron chi connectivity index (χ4n) is 2.44. The van der Waals surface area contributed by atoms with E-state index in [1.807, 2.05) is 0 Å². The maximum Gasteiger partial charge on any atom is 0.393 e. The molecule has 0 saturated carbocycles. The number of halogens is 4. The van der Waals surface area contributed by atoms with Crippen molar-refractivity contribution in [3.8, 4) is 0 Å². The van der Waals surface area contributed by atoms with E-state index in [1.165, 1.54) is 12.1 Å². The van der Waals surface area contributed by atoms with Gasteiger partial charge in [0.1, 0.15) is 10.8 Å². The molecule has 0 aliphatic carbocycles. The topological polar surface area (TPSA) is 29.3 Å². The normalized spacial score (nSPS) is 20.0. The molecule has 1 fully saturated rings. The summed E-state index contributed by atoms with van der Waals surface area (Å²) in [5, 5.41) is 0. The van der Waals surface area contributed by atoms with Gasteiger partial charge in [-0.25, -0.2) is 4.39 Å².